The van der Waals surface area contributed by atoms with Crippen molar-refractivity contribution in [2.24, 2.45) is 0 Å². The molecule has 0 unspecified atom stereocenters. The van der Waals surface area contributed by atoms with E-state index in [0.717, 1.165) is 22.8 Å². The Balaban J connectivity index is 0.000000206. The average Bonchev–Trinajstić information content (AvgIpc) is 3.37. The van der Waals surface area contributed by atoms with Gasteiger partial charge in [-0.3, -0.25) is 19.2 Å². The smallest absolute Gasteiger partial charge is 0.258 e. The molecule has 8 aromatic rings. The van der Waals surface area contributed by atoms with Crippen molar-refractivity contribution in [3.05, 3.63) is 218 Å². The molecule has 19 heteroatoms. The lowest BCUT2D eigenvalue weighted by Crippen LogP contribution is -2.19. The number of halogens is 4. The molecule has 0 spiro atoms. The predicted molar refractivity (Wildman–Crippen MR) is 277 cm³/mol. The number of carbonyl (C=O) groups excluding carboxylic acids is 4. The summed E-state index contributed by atoms with van der Waals surface area (Å²) in [5, 5.41) is 12.6. The van der Waals surface area contributed by atoms with Gasteiger partial charge in [0.05, 0.1) is 32.5 Å². The van der Waals surface area contributed by atoms with E-state index in [1.54, 1.807) is 85.2 Å². The minimum atomic E-state index is -0.472. The van der Waals surface area contributed by atoms with Crippen LogP contribution in [0, 0.1) is 0 Å². The summed E-state index contributed by atoms with van der Waals surface area (Å²) in [7, 11) is 3.88. The van der Waals surface area contributed by atoms with Gasteiger partial charge in [-0.1, -0.05) is 76.7 Å². The van der Waals surface area contributed by atoms with Crippen molar-refractivity contribution >= 4 is 105 Å². The summed E-state index contributed by atoms with van der Waals surface area (Å²) < 4.78 is 0. The van der Waals surface area contributed by atoms with Gasteiger partial charge in [0, 0.05) is 73.1 Å². The highest BCUT2D eigenvalue weighted by Crippen LogP contribution is 2.25. The van der Waals surface area contributed by atoms with Gasteiger partial charge in [-0.15, -0.1) is 0 Å². The number of aromatic nitrogens is 5. The highest BCUT2D eigenvalue weighted by Gasteiger charge is 2.18. The normalized spacial score (nSPS) is 10.5. The molecular formula is C51H41Cl4N11O4. The number of hydrogen-bond donors (Lipinski definition) is 4. The molecule has 0 saturated heterocycles. The average molecular weight is 1010 g/mol. The summed E-state index contributed by atoms with van der Waals surface area (Å²) in [6.45, 7) is 1.25. The Bertz CT molecular complexity index is 2870. The van der Waals surface area contributed by atoms with E-state index in [2.05, 4.69) is 46.2 Å². The first-order valence-corrected chi connectivity index (χ1v) is 22.6. The SMILES string of the molecule is CN(Cc1ccc(C(=O)Nc2ccc(Cl)cc2C(=O)Nc2ccc(Cl)cn2)cc1)c1ccccn1.CN(Cc1ccc(C(=O)Nc2ccc(Cl)cc2C(=O)Nc2ccc(Cl)cn2)cc1)c1ccncn1. The van der Waals surface area contributed by atoms with E-state index in [1.807, 2.05) is 72.4 Å². The molecule has 0 bridgehead atoms. The first kappa shape index (κ1) is 49.9. The van der Waals surface area contributed by atoms with Crippen molar-refractivity contribution < 1.29 is 19.2 Å². The van der Waals surface area contributed by atoms with Crippen LogP contribution in [-0.2, 0) is 13.1 Å². The molecular weight excluding hydrogens is 972 g/mol. The van der Waals surface area contributed by atoms with Gasteiger partial charge in [0.25, 0.3) is 23.6 Å². The summed E-state index contributed by atoms with van der Waals surface area (Å²) in [6.07, 6.45) is 7.78. The summed E-state index contributed by atoms with van der Waals surface area (Å²) >= 11 is 23.9. The maximum atomic E-state index is 12.9. The lowest BCUT2D eigenvalue weighted by Gasteiger charge is -2.18. The fraction of sp³-hybridized carbons (Fsp3) is 0.0784. The zero-order chi connectivity index (χ0) is 49.6. The summed E-state index contributed by atoms with van der Waals surface area (Å²) in [5.74, 6) is 0.645. The summed E-state index contributed by atoms with van der Waals surface area (Å²) in [4.78, 5) is 76.1. The van der Waals surface area contributed by atoms with Crippen LogP contribution < -0.4 is 31.1 Å². The molecule has 0 aliphatic carbocycles. The third-order valence-electron chi connectivity index (χ3n) is 10.2. The second-order valence-electron chi connectivity index (χ2n) is 15.3. The number of amides is 4. The van der Waals surface area contributed by atoms with Crippen molar-refractivity contribution in [1.29, 1.82) is 0 Å². The molecule has 0 fully saturated rings. The largest absolute Gasteiger partial charge is 0.355 e. The van der Waals surface area contributed by atoms with Crippen molar-refractivity contribution in [3.63, 3.8) is 0 Å². The van der Waals surface area contributed by atoms with Crippen LogP contribution in [0.1, 0.15) is 52.6 Å². The van der Waals surface area contributed by atoms with E-state index in [4.69, 9.17) is 46.4 Å². The van der Waals surface area contributed by atoms with Crippen molar-refractivity contribution in [1.82, 2.24) is 24.9 Å². The molecule has 4 aromatic heterocycles. The van der Waals surface area contributed by atoms with Gasteiger partial charge in [0.15, 0.2) is 0 Å². The van der Waals surface area contributed by atoms with Crippen LogP contribution in [0.5, 0.6) is 0 Å². The monoisotopic (exact) mass is 1010 g/mol. The molecule has 15 nitrogen and oxygen atoms in total. The van der Waals surface area contributed by atoms with Crippen molar-refractivity contribution in [2.45, 2.75) is 13.1 Å². The first-order valence-electron chi connectivity index (χ1n) is 21.1. The molecule has 0 radical (unpaired) electrons. The summed E-state index contributed by atoms with van der Waals surface area (Å²) in [6, 6.07) is 37.7. The van der Waals surface area contributed by atoms with Gasteiger partial charge in [-0.25, -0.2) is 24.9 Å². The minimum absolute atomic E-state index is 0.200. The fourth-order valence-electron chi connectivity index (χ4n) is 6.60. The van der Waals surface area contributed by atoms with Gasteiger partial charge < -0.3 is 31.1 Å². The highest BCUT2D eigenvalue weighted by molar-refractivity contribution is 6.32. The molecule has 4 N–H and O–H groups in total. The Labute approximate surface area is 422 Å². The molecule has 4 amide bonds. The quantitative estimate of drug-likeness (QED) is 0.0812. The molecule has 0 atom stereocenters. The van der Waals surface area contributed by atoms with Gasteiger partial charge in [-0.2, -0.15) is 0 Å². The maximum absolute atomic E-state index is 12.9. The number of rotatable bonds is 14. The molecule has 8 rings (SSSR count). The van der Waals surface area contributed by atoms with Gasteiger partial charge in [-0.05, 0) is 114 Å². The third-order valence-corrected chi connectivity index (χ3v) is 11.1. The van der Waals surface area contributed by atoms with Crippen molar-refractivity contribution in [2.75, 3.05) is 45.2 Å². The Morgan fingerprint density at radius 2 is 0.914 bits per heavy atom. The van der Waals surface area contributed by atoms with Crippen LogP contribution in [0.3, 0.4) is 0 Å². The van der Waals surface area contributed by atoms with Gasteiger partial charge >= 0.3 is 0 Å². The zero-order valence-corrected chi connectivity index (χ0v) is 40.3. The Morgan fingerprint density at radius 3 is 1.31 bits per heavy atom. The van der Waals surface area contributed by atoms with Gasteiger partial charge in [0.2, 0.25) is 0 Å². The Hall–Kier alpha value is -7.95. The first-order chi connectivity index (χ1) is 33.8. The van der Waals surface area contributed by atoms with Crippen LogP contribution in [-0.4, -0.2) is 62.6 Å². The number of nitrogens with zero attached hydrogens (tertiary/aromatic N) is 7. The molecule has 70 heavy (non-hydrogen) atoms. The second kappa shape index (κ2) is 23.9. The van der Waals surface area contributed by atoms with Crippen LogP contribution in [0.25, 0.3) is 0 Å². The predicted octanol–water partition coefficient (Wildman–Crippen LogP) is 11.2. The Kier molecular flexibility index (Phi) is 17.0. The van der Waals surface area contributed by atoms with E-state index in [1.165, 1.54) is 30.9 Å². The number of anilines is 6. The number of carbonyl (C=O) groups is 4. The standard InChI is InChI=1S/C26H21Cl2N5O2.C25H20Cl2N6O2/c1-33(24-4-2-3-13-29-24)16-17-5-7-18(8-6-17)25(34)31-22-11-9-19(27)14-21(22)26(35)32-23-12-10-20(28)15-30-23;1-33(23-10-11-28-15-30-23)14-16-2-4-17(5-3-16)24(34)31-21-8-6-18(26)12-20(21)25(35)32-22-9-7-19(27)13-29-22/h2-15H,16H2,1H3,(H,31,34)(H,30,32,35);2-13,15H,14H2,1H3,(H,31,34)(H,29,32,35). The summed E-state index contributed by atoms with van der Waals surface area (Å²) in [5.41, 5.74) is 3.97. The maximum Gasteiger partial charge on any atom is 0.258 e. The highest BCUT2D eigenvalue weighted by atomic mass is 35.5. The molecule has 0 aliphatic heterocycles. The lowest BCUT2D eigenvalue weighted by molar-refractivity contribution is 0.101. The number of pyridine rings is 3. The van der Waals surface area contributed by atoms with Crippen LogP contribution in [0.15, 0.2) is 165 Å². The molecule has 0 aliphatic rings. The van der Waals surface area contributed by atoms with E-state index in [9.17, 15) is 19.2 Å². The zero-order valence-electron chi connectivity index (χ0n) is 37.3. The third kappa shape index (κ3) is 14.1. The van der Waals surface area contributed by atoms with Crippen LogP contribution in [0.4, 0.5) is 34.6 Å². The topological polar surface area (TPSA) is 187 Å². The molecule has 0 saturated carbocycles. The number of hydrogen-bond acceptors (Lipinski definition) is 11. The van der Waals surface area contributed by atoms with Crippen molar-refractivity contribution in [3.8, 4) is 0 Å². The molecule has 4 heterocycles. The Morgan fingerprint density at radius 1 is 0.457 bits per heavy atom. The van der Waals surface area contributed by atoms with E-state index < -0.39 is 11.8 Å². The number of nitrogens with one attached hydrogen (secondary N) is 4. The van der Waals surface area contributed by atoms with E-state index >= 15 is 0 Å². The number of benzene rings is 4. The van der Waals surface area contributed by atoms with Gasteiger partial charge in [0.1, 0.15) is 29.6 Å². The van der Waals surface area contributed by atoms with E-state index in [-0.39, 0.29) is 22.9 Å². The van der Waals surface area contributed by atoms with E-state index in [0.29, 0.717) is 67.3 Å². The minimum Gasteiger partial charge on any atom is -0.355 e. The molecule has 4 aromatic carbocycles. The second-order valence-corrected chi connectivity index (χ2v) is 17.0. The van der Waals surface area contributed by atoms with Crippen LogP contribution in [0.2, 0.25) is 20.1 Å². The molecule has 352 valence electrons. The lowest BCUT2D eigenvalue weighted by atomic mass is 10.1. The fourth-order valence-corrected chi connectivity index (χ4v) is 7.17. The van der Waals surface area contributed by atoms with Crippen LogP contribution >= 0.6 is 46.4 Å².